The molecule has 0 bridgehead atoms. The van der Waals surface area contributed by atoms with Gasteiger partial charge in [0.15, 0.2) is 0 Å². The SMILES string of the molecule is C(=C(\c1nc2ccccc2[nH]1)c1nc2ccccc2s1)/c1cccc2c1CCCC2. The van der Waals surface area contributed by atoms with Crippen molar-refractivity contribution in [1.29, 1.82) is 0 Å². The van der Waals surface area contributed by atoms with Gasteiger partial charge in [0.05, 0.1) is 26.8 Å². The summed E-state index contributed by atoms with van der Waals surface area (Å²) >= 11 is 1.73. The number of thiazole rings is 1. The highest BCUT2D eigenvalue weighted by atomic mass is 32.1. The van der Waals surface area contributed by atoms with E-state index in [-0.39, 0.29) is 0 Å². The van der Waals surface area contributed by atoms with Crippen LogP contribution >= 0.6 is 11.3 Å². The van der Waals surface area contributed by atoms with Crippen molar-refractivity contribution in [2.24, 2.45) is 0 Å². The number of hydrogen-bond donors (Lipinski definition) is 1. The molecular weight excluding hydrogens is 386 g/mol. The van der Waals surface area contributed by atoms with Crippen molar-refractivity contribution in [2.75, 3.05) is 0 Å². The number of H-pyrrole nitrogens is 1. The number of nitrogens with one attached hydrogen (secondary N) is 1. The van der Waals surface area contributed by atoms with Crippen molar-refractivity contribution in [1.82, 2.24) is 15.0 Å². The normalized spacial score (nSPS) is 14.3. The number of rotatable bonds is 3. The Bertz CT molecular complexity index is 1260. The Morgan fingerprint density at radius 1 is 0.833 bits per heavy atom. The van der Waals surface area contributed by atoms with Gasteiger partial charge in [0, 0.05) is 0 Å². The molecule has 2 heterocycles. The molecule has 0 radical (unpaired) electrons. The molecule has 1 N–H and O–H groups in total. The summed E-state index contributed by atoms with van der Waals surface area (Å²) in [6.07, 6.45) is 7.17. The largest absolute Gasteiger partial charge is 0.338 e. The molecule has 0 unspecified atom stereocenters. The minimum atomic E-state index is 0.878. The molecule has 1 aliphatic carbocycles. The molecule has 4 heteroatoms. The standard InChI is InChI=1S/C26H21N3S/c1-2-11-19-17(8-1)9-7-10-18(19)16-20(25-27-21-12-3-4-13-22(21)28-25)26-29-23-14-5-6-15-24(23)30-26/h3-7,9-10,12-16H,1-2,8,11H2,(H,27,28)/b20-16-. The van der Waals surface area contributed by atoms with Gasteiger partial charge in [-0.2, -0.15) is 0 Å². The van der Waals surface area contributed by atoms with Crippen LogP contribution in [0.25, 0.3) is 32.9 Å². The molecular formula is C26H21N3S. The summed E-state index contributed by atoms with van der Waals surface area (Å²) in [6, 6.07) is 23.2. The smallest absolute Gasteiger partial charge is 0.141 e. The zero-order chi connectivity index (χ0) is 19.9. The van der Waals surface area contributed by atoms with Crippen LogP contribution in [0, 0.1) is 0 Å². The van der Waals surface area contributed by atoms with E-state index in [9.17, 15) is 0 Å². The average Bonchev–Trinajstić information content (AvgIpc) is 3.41. The molecule has 1 aliphatic rings. The number of imidazole rings is 1. The second kappa shape index (κ2) is 7.22. The van der Waals surface area contributed by atoms with Crippen LogP contribution in [0.15, 0.2) is 66.7 Å². The first-order valence-corrected chi connectivity index (χ1v) is 11.3. The maximum absolute atomic E-state index is 4.96. The van der Waals surface area contributed by atoms with Gasteiger partial charge in [-0.25, -0.2) is 9.97 Å². The summed E-state index contributed by atoms with van der Waals surface area (Å²) in [4.78, 5) is 13.4. The molecule has 0 spiro atoms. The number of nitrogens with zero attached hydrogens (tertiary/aromatic N) is 2. The van der Waals surface area contributed by atoms with Gasteiger partial charge in [-0.1, -0.05) is 42.5 Å². The van der Waals surface area contributed by atoms with Gasteiger partial charge in [-0.15, -0.1) is 11.3 Å². The van der Waals surface area contributed by atoms with E-state index in [0.29, 0.717) is 0 Å². The molecule has 5 aromatic rings. The fourth-order valence-corrected chi connectivity index (χ4v) is 5.38. The predicted molar refractivity (Wildman–Crippen MR) is 126 cm³/mol. The van der Waals surface area contributed by atoms with Crippen LogP contribution in [0.4, 0.5) is 0 Å². The van der Waals surface area contributed by atoms with Crippen LogP contribution in [0.1, 0.15) is 40.4 Å². The maximum atomic E-state index is 4.96. The van der Waals surface area contributed by atoms with Crippen molar-refractivity contribution >= 4 is 44.2 Å². The third-order valence-corrected chi connectivity index (χ3v) is 6.97. The van der Waals surface area contributed by atoms with Crippen molar-refractivity contribution in [3.8, 4) is 0 Å². The Balaban J connectivity index is 1.58. The van der Waals surface area contributed by atoms with Crippen LogP contribution in [0.5, 0.6) is 0 Å². The summed E-state index contributed by atoms with van der Waals surface area (Å²) < 4.78 is 1.20. The lowest BCUT2D eigenvalue weighted by Crippen LogP contribution is -2.04. The molecule has 0 amide bonds. The number of benzene rings is 3. The van der Waals surface area contributed by atoms with Crippen LogP contribution in [-0.4, -0.2) is 15.0 Å². The molecule has 6 rings (SSSR count). The molecule has 0 saturated carbocycles. The van der Waals surface area contributed by atoms with E-state index in [1.807, 2.05) is 18.2 Å². The Hall–Kier alpha value is -3.24. The fourth-order valence-electron chi connectivity index (χ4n) is 4.40. The first-order chi connectivity index (χ1) is 14.8. The van der Waals surface area contributed by atoms with Crippen molar-refractivity contribution in [3.05, 3.63) is 94.3 Å². The summed E-state index contributed by atoms with van der Waals surface area (Å²) in [5, 5.41) is 1.00. The Kier molecular flexibility index (Phi) is 4.24. The Morgan fingerprint density at radius 2 is 1.67 bits per heavy atom. The van der Waals surface area contributed by atoms with E-state index in [1.54, 1.807) is 11.3 Å². The third kappa shape index (κ3) is 3.04. The average molecular weight is 408 g/mol. The van der Waals surface area contributed by atoms with Gasteiger partial charge in [-0.05, 0) is 72.7 Å². The number of para-hydroxylation sites is 3. The van der Waals surface area contributed by atoms with E-state index in [0.717, 1.165) is 39.4 Å². The second-order valence-electron chi connectivity index (χ2n) is 7.84. The lowest BCUT2D eigenvalue weighted by molar-refractivity contribution is 0.684. The zero-order valence-electron chi connectivity index (χ0n) is 16.6. The van der Waals surface area contributed by atoms with Gasteiger partial charge in [0.25, 0.3) is 0 Å². The molecule has 3 nitrogen and oxygen atoms in total. The lowest BCUT2D eigenvalue weighted by Gasteiger charge is -2.18. The van der Waals surface area contributed by atoms with Gasteiger partial charge in [-0.3, -0.25) is 0 Å². The number of aromatic nitrogens is 3. The number of aryl methyl sites for hydroxylation is 1. The highest BCUT2D eigenvalue weighted by molar-refractivity contribution is 7.19. The minimum Gasteiger partial charge on any atom is -0.338 e. The number of hydrogen-bond acceptors (Lipinski definition) is 3. The second-order valence-corrected chi connectivity index (χ2v) is 8.87. The Morgan fingerprint density at radius 3 is 2.57 bits per heavy atom. The van der Waals surface area contributed by atoms with Crippen molar-refractivity contribution in [3.63, 3.8) is 0 Å². The molecule has 146 valence electrons. The van der Waals surface area contributed by atoms with Crippen LogP contribution in [-0.2, 0) is 12.8 Å². The third-order valence-electron chi connectivity index (χ3n) is 5.90. The molecule has 30 heavy (non-hydrogen) atoms. The van der Waals surface area contributed by atoms with Crippen LogP contribution in [0.3, 0.4) is 0 Å². The number of aromatic amines is 1. The summed E-state index contributed by atoms with van der Waals surface area (Å²) in [7, 11) is 0. The molecule has 0 fully saturated rings. The van der Waals surface area contributed by atoms with E-state index in [2.05, 4.69) is 59.6 Å². The molecule has 0 saturated heterocycles. The molecule has 3 aromatic carbocycles. The maximum Gasteiger partial charge on any atom is 0.141 e. The monoisotopic (exact) mass is 407 g/mol. The van der Waals surface area contributed by atoms with Gasteiger partial charge >= 0.3 is 0 Å². The topological polar surface area (TPSA) is 41.6 Å². The predicted octanol–water partition coefficient (Wildman–Crippen LogP) is 6.64. The summed E-state index contributed by atoms with van der Waals surface area (Å²) in [5.41, 5.74) is 8.40. The van der Waals surface area contributed by atoms with Crippen molar-refractivity contribution < 1.29 is 0 Å². The van der Waals surface area contributed by atoms with Gasteiger partial charge in [0.2, 0.25) is 0 Å². The molecule has 2 aromatic heterocycles. The Labute approximate surface area is 179 Å². The van der Waals surface area contributed by atoms with Gasteiger partial charge in [0.1, 0.15) is 10.8 Å². The minimum absolute atomic E-state index is 0.878. The number of fused-ring (bicyclic) bond motifs is 3. The molecule has 0 atom stereocenters. The summed E-state index contributed by atoms with van der Waals surface area (Å²) in [5.74, 6) is 0.878. The quantitative estimate of drug-likeness (QED) is 0.364. The van der Waals surface area contributed by atoms with E-state index in [1.165, 1.54) is 40.7 Å². The first-order valence-electron chi connectivity index (χ1n) is 10.5. The summed E-state index contributed by atoms with van der Waals surface area (Å²) in [6.45, 7) is 0. The zero-order valence-corrected chi connectivity index (χ0v) is 17.4. The molecule has 0 aliphatic heterocycles. The highest BCUT2D eigenvalue weighted by Crippen LogP contribution is 2.34. The fraction of sp³-hybridized carbons (Fsp3) is 0.154. The van der Waals surface area contributed by atoms with E-state index < -0.39 is 0 Å². The van der Waals surface area contributed by atoms with Crippen LogP contribution < -0.4 is 0 Å². The highest BCUT2D eigenvalue weighted by Gasteiger charge is 2.18. The van der Waals surface area contributed by atoms with Crippen LogP contribution in [0.2, 0.25) is 0 Å². The van der Waals surface area contributed by atoms with Crippen molar-refractivity contribution in [2.45, 2.75) is 25.7 Å². The lowest BCUT2D eigenvalue weighted by atomic mass is 9.87. The van der Waals surface area contributed by atoms with E-state index >= 15 is 0 Å². The van der Waals surface area contributed by atoms with Gasteiger partial charge < -0.3 is 4.98 Å². The van der Waals surface area contributed by atoms with E-state index in [4.69, 9.17) is 9.97 Å². The first kappa shape index (κ1) is 17.6.